The van der Waals surface area contributed by atoms with Crippen LogP contribution in [0.4, 0.5) is 17.1 Å². The van der Waals surface area contributed by atoms with Crippen molar-refractivity contribution in [2.75, 3.05) is 43.6 Å². The normalized spacial score (nSPS) is 11.2. The van der Waals surface area contributed by atoms with Gasteiger partial charge in [0.05, 0.1) is 46.2 Å². The molecule has 0 atom stereocenters. The number of hydrogen-bond acceptors (Lipinski definition) is 11. The molecule has 2 rings (SSSR count). The van der Waals surface area contributed by atoms with E-state index in [1.54, 1.807) is 24.3 Å². The van der Waals surface area contributed by atoms with Crippen molar-refractivity contribution in [1.82, 2.24) is 0 Å². The topological polar surface area (TPSA) is 177 Å². The number of azo groups is 1. The number of benzene rings is 2. The number of aliphatic hydroxyl groups is 2. The van der Waals surface area contributed by atoms with E-state index in [9.17, 15) is 16.8 Å². The van der Waals surface area contributed by atoms with Gasteiger partial charge in [0, 0.05) is 25.4 Å². The molecule has 0 fully saturated rings. The quantitative estimate of drug-likeness (QED) is 0.194. The number of nitrogens with zero attached hydrogens (tertiary/aromatic N) is 3. The molecule has 32 heavy (non-hydrogen) atoms. The summed E-state index contributed by atoms with van der Waals surface area (Å²) < 4.78 is 49.1. The average Bonchev–Trinajstić information content (AvgIpc) is 2.72. The van der Waals surface area contributed by atoms with Gasteiger partial charge in [0.25, 0.3) is 0 Å². The molecule has 0 spiro atoms. The Morgan fingerprint density at radius 2 is 1.34 bits per heavy atom. The van der Waals surface area contributed by atoms with Crippen LogP contribution in [0.3, 0.4) is 0 Å². The molecule has 2 aromatic rings. The first-order valence-electron chi connectivity index (χ1n) is 8.89. The van der Waals surface area contributed by atoms with Crippen LogP contribution in [-0.4, -0.2) is 62.8 Å². The van der Waals surface area contributed by atoms with E-state index in [4.69, 9.17) is 10.2 Å². The molecule has 0 radical (unpaired) electrons. The van der Waals surface area contributed by atoms with Crippen LogP contribution in [0.1, 0.15) is 0 Å². The second-order valence-corrected chi connectivity index (χ2v) is 8.74. The fourth-order valence-electron chi connectivity index (χ4n) is 2.51. The molecule has 0 saturated carbocycles. The summed E-state index contributed by atoms with van der Waals surface area (Å²) in [6, 6.07) is 12.8. The molecule has 172 valence electrons. The Morgan fingerprint density at radius 3 is 1.78 bits per heavy atom. The fraction of sp³-hybridized carbons (Fsp3) is 0.333. The van der Waals surface area contributed by atoms with Gasteiger partial charge in [0.15, 0.2) is 9.84 Å². The van der Waals surface area contributed by atoms with Crippen LogP contribution in [0.25, 0.3) is 0 Å². The largest absolute Gasteiger partial charge is 1.00 e. The number of rotatable bonds is 12. The minimum absolute atomic E-state index is 0. The van der Waals surface area contributed by atoms with Gasteiger partial charge in [0.1, 0.15) is 0 Å². The van der Waals surface area contributed by atoms with Crippen LogP contribution in [0.2, 0.25) is 0 Å². The van der Waals surface area contributed by atoms with Crippen molar-refractivity contribution in [3.63, 3.8) is 0 Å². The van der Waals surface area contributed by atoms with Gasteiger partial charge in [0.2, 0.25) is 0 Å². The van der Waals surface area contributed by atoms with E-state index in [2.05, 4.69) is 14.4 Å². The first kappa shape index (κ1) is 30.6. The van der Waals surface area contributed by atoms with E-state index in [1.165, 1.54) is 24.3 Å². The van der Waals surface area contributed by atoms with Gasteiger partial charge in [-0.05, 0) is 48.5 Å². The summed E-state index contributed by atoms with van der Waals surface area (Å²) in [4.78, 5) is 1.86. The minimum Gasteiger partial charge on any atom is -0.423 e. The predicted octanol–water partition coefficient (Wildman–Crippen LogP) is -1.91. The summed E-state index contributed by atoms with van der Waals surface area (Å²) in [5.74, 6) is -0.461. The van der Waals surface area contributed by atoms with Crippen LogP contribution in [0, 0.1) is 0 Å². The van der Waals surface area contributed by atoms with Crippen molar-refractivity contribution < 1.29 is 66.3 Å². The van der Waals surface area contributed by atoms with E-state index in [0.29, 0.717) is 24.5 Å². The zero-order valence-electron chi connectivity index (χ0n) is 17.5. The van der Waals surface area contributed by atoms with E-state index in [-0.39, 0.29) is 53.1 Å². The van der Waals surface area contributed by atoms with E-state index in [0.717, 1.165) is 5.69 Å². The number of hydrogen-bond donors (Lipinski definition) is 2. The van der Waals surface area contributed by atoms with Gasteiger partial charge in [-0.15, -0.1) is 0 Å². The van der Waals surface area contributed by atoms with E-state index < -0.39 is 33.2 Å². The summed E-state index contributed by atoms with van der Waals surface area (Å²) in [7, 11) is -6.43. The summed E-state index contributed by atoms with van der Waals surface area (Å²) in [5, 5.41) is 26.4. The summed E-state index contributed by atoms with van der Waals surface area (Å²) >= 11 is 0. The second-order valence-electron chi connectivity index (χ2n) is 5.99. The minimum atomic E-state index is -3.67. The van der Waals surface area contributed by atoms with Gasteiger partial charge in [-0.25, -0.2) is 8.42 Å². The average molecular weight is 498 g/mol. The van der Waals surface area contributed by atoms with Crippen LogP contribution >= 0.6 is 0 Å². The van der Waals surface area contributed by atoms with Crippen LogP contribution < -0.4 is 34.5 Å². The molecule has 4 N–H and O–H groups in total. The van der Waals surface area contributed by atoms with Crippen LogP contribution in [-0.2, 0) is 33.4 Å². The third-order valence-corrected chi connectivity index (χ3v) is 6.02. The molecule has 0 aliphatic rings. The molecular weight excluding hydrogens is 473 g/mol. The molecule has 2 aromatic carbocycles. The van der Waals surface area contributed by atoms with E-state index in [1.807, 2.05) is 4.90 Å². The number of anilines is 1. The zero-order chi connectivity index (χ0) is 22.0. The SMILES string of the molecule is O.O=[S-](=O)OCCS(=O)(=O)c1ccc(N=Nc2ccc(N(CCO)CCO)cc2)cc1.[Na+]. The molecule has 11 nitrogen and oxygen atoms in total. The molecule has 0 saturated heterocycles. The Bertz CT molecular complexity index is 1000. The molecule has 14 heteroatoms. The monoisotopic (exact) mass is 497 g/mol. The Morgan fingerprint density at radius 1 is 0.875 bits per heavy atom. The maximum Gasteiger partial charge on any atom is 1.00 e. The molecule has 0 aromatic heterocycles. The maximum atomic E-state index is 12.1. The number of aliphatic hydroxyl groups excluding tert-OH is 2. The van der Waals surface area contributed by atoms with Crippen LogP contribution in [0.5, 0.6) is 0 Å². The molecule has 0 heterocycles. The summed E-state index contributed by atoms with van der Waals surface area (Å²) in [6.45, 7) is 0.287. The third-order valence-electron chi connectivity index (χ3n) is 3.96. The fourth-order valence-corrected chi connectivity index (χ4v) is 3.92. The van der Waals surface area contributed by atoms with Crippen molar-refractivity contribution in [1.29, 1.82) is 0 Å². The maximum absolute atomic E-state index is 12.1. The Kier molecular flexibility index (Phi) is 14.7. The van der Waals surface area contributed by atoms with E-state index >= 15 is 0 Å². The predicted molar refractivity (Wildman–Crippen MR) is 114 cm³/mol. The van der Waals surface area contributed by atoms with Gasteiger partial charge in [-0.2, -0.15) is 10.2 Å². The van der Waals surface area contributed by atoms with Crippen LogP contribution in [0.15, 0.2) is 63.7 Å². The summed E-state index contributed by atoms with van der Waals surface area (Å²) in [5.41, 5.74) is 1.85. The van der Waals surface area contributed by atoms with Gasteiger partial charge < -0.3 is 33.2 Å². The Labute approximate surface area is 210 Å². The van der Waals surface area contributed by atoms with Gasteiger partial charge in [-0.1, -0.05) is 0 Å². The van der Waals surface area contributed by atoms with Crippen molar-refractivity contribution in [2.24, 2.45) is 10.2 Å². The third kappa shape index (κ3) is 10.0. The Balaban J connectivity index is 0.00000480. The second kappa shape index (κ2) is 15.4. The zero-order valence-corrected chi connectivity index (χ0v) is 21.1. The van der Waals surface area contributed by atoms with Crippen molar-refractivity contribution >= 4 is 37.9 Å². The molecule has 0 unspecified atom stereocenters. The first-order chi connectivity index (χ1) is 14.4. The van der Waals surface area contributed by atoms with Gasteiger partial charge in [-0.3, -0.25) is 0 Å². The molecule has 0 bridgehead atoms. The summed E-state index contributed by atoms with van der Waals surface area (Å²) in [6.07, 6.45) is 0. The van der Waals surface area contributed by atoms with Gasteiger partial charge >= 0.3 is 29.6 Å². The molecule has 0 aliphatic carbocycles. The standard InChI is InChI=1S/C18H22N3O7S2.Na.H2O/c22-11-9-21(10-12-23)17-5-1-15(2-6-17)19-20-16-3-7-18(8-4-16)30(26,27)14-13-28-29(24)25;;/h1-8,22-23H,9-14H2;;1H2/q-1;+1;. The molecule has 0 aliphatic heterocycles. The van der Waals surface area contributed by atoms with Crippen molar-refractivity contribution in [2.45, 2.75) is 4.90 Å². The molecule has 0 amide bonds. The van der Waals surface area contributed by atoms with Crippen molar-refractivity contribution in [3.8, 4) is 0 Å². The smallest absolute Gasteiger partial charge is 0.423 e. The number of sulfone groups is 1. The Hall–Kier alpha value is -1.42. The van der Waals surface area contributed by atoms with Crippen molar-refractivity contribution in [3.05, 3.63) is 48.5 Å². The molecular formula is C18H24N3NaO8S2. The first-order valence-corrected chi connectivity index (χ1v) is 11.5.